The molecule has 2 saturated heterocycles. The van der Waals surface area contributed by atoms with Crippen molar-refractivity contribution in [1.82, 2.24) is 15.1 Å². The predicted molar refractivity (Wildman–Crippen MR) is 74.8 cm³/mol. The monoisotopic (exact) mass is 255 g/mol. The van der Waals surface area contributed by atoms with Crippen molar-refractivity contribution in [3.05, 3.63) is 0 Å². The molecule has 106 valence electrons. The minimum Gasteiger partial charge on any atom is -0.388 e. The highest BCUT2D eigenvalue weighted by molar-refractivity contribution is 4.89. The quantitative estimate of drug-likeness (QED) is 0.768. The molecule has 0 aromatic carbocycles. The first-order chi connectivity index (χ1) is 8.63. The van der Waals surface area contributed by atoms with Crippen LogP contribution in [0.5, 0.6) is 0 Å². The molecule has 0 saturated carbocycles. The Kier molecular flexibility index (Phi) is 5.01. The van der Waals surface area contributed by atoms with Gasteiger partial charge in [0, 0.05) is 38.8 Å². The van der Waals surface area contributed by atoms with Crippen LogP contribution in [0.2, 0.25) is 0 Å². The second-order valence-electron chi connectivity index (χ2n) is 6.04. The van der Waals surface area contributed by atoms with Crippen LogP contribution in [0, 0.1) is 0 Å². The molecule has 1 atom stereocenters. The highest BCUT2D eigenvalue weighted by Crippen LogP contribution is 2.20. The third-order valence-electron chi connectivity index (χ3n) is 4.67. The Morgan fingerprint density at radius 3 is 2.33 bits per heavy atom. The third-order valence-corrected chi connectivity index (χ3v) is 4.67. The highest BCUT2D eigenvalue weighted by atomic mass is 16.3. The van der Waals surface area contributed by atoms with Gasteiger partial charge in [-0.3, -0.25) is 9.80 Å². The van der Waals surface area contributed by atoms with Gasteiger partial charge in [-0.15, -0.1) is 0 Å². The van der Waals surface area contributed by atoms with Crippen LogP contribution in [-0.4, -0.2) is 72.4 Å². The van der Waals surface area contributed by atoms with E-state index < -0.39 is 5.60 Å². The van der Waals surface area contributed by atoms with Gasteiger partial charge in [0.2, 0.25) is 0 Å². The maximum atomic E-state index is 10.5. The second-order valence-corrected chi connectivity index (χ2v) is 6.04. The number of aliphatic hydroxyl groups is 1. The average Bonchev–Trinajstić information content (AvgIpc) is 2.39. The van der Waals surface area contributed by atoms with E-state index in [-0.39, 0.29) is 0 Å². The SMILES string of the molecule is CCC(C)N1CCN(CC2(O)CCNCC2)CC1. The van der Waals surface area contributed by atoms with Crippen LogP contribution >= 0.6 is 0 Å². The van der Waals surface area contributed by atoms with Crippen LogP contribution in [0.4, 0.5) is 0 Å². The van der Waals surface area contributed by atoms with Gasteiger partial charge in [0.25, 0.3) is 0 Å². The van der Waals surface area contributed by atoms with Gasteiger partial charge in [-0.25, -0.2) is 0 Å². The van der Waals surface area contributed by atoms with E-state index in [1.165, 1.54) is 6.42 Å². The molecule has 2 fully saturated rings. The first-order valence-electron chi connectivity index (χ1n) is 7.52. The van der Waals surface area contributed by atoms with E-state index in [1.807, 2.05) is 0 Å². The molecule has 2 heterocycles. The Bertz CT molecular complexity index is 245. The van der Waals surface area contributed by atoms with Gasteiger partial charge in [0.1, 0.15) is 0 Å². The number of hydrogen-bond acceptors (Lipinski definition) is 4. The molecular weight excluding hydrogens is 226 g/mol. The summed E-state index contributed by atoms with van der Waals surface area (Å²) in [5.41, 5.74) is -0.441. The smallest absolute Gasteiger partial charge is 0.0798 e. The van der Waals surface area contributed by atoms with Crippen molar-refractivity contribution in [2.24, 2.45) is 0 Å². The molecule has 0 radical (unpaired) electrons. The summed E-state index contributed by atoms with van der Waals surface area (Å²) in [6.07, 6.45) is 3.03. The van der Waals surface area contributed by atoms with Gasteiger partial charge >= 0.3 is 0 Å². The van der Waals surface area contributed by atoms with Crippen molar-refractivity contribution in [2.75, 3.05) is 45.8 Å². The van der Waals surface area contributed by atoms with Crippen molar-refractivity contribution >= 4 is 0 Å². The fourth-order valence-corrected chi connectivity index (χ4v) is 3.09. The van der Waals surface area contributed by atoms with Crippen LogP contribution in [0.3, 0.4) is 0 Å². The molecule has 2 N–H and O–H groups in total. The summed E-state index contributed by atoms with van der Waals surface area (Å²) in [4.78, 5) is 5.02. The number of piperazine rings is 1. The summed E-state index contributed by atoms with van der Waals surface area (Å²) in [6.45, 7) is 11.9. The minimum atomic E-state index is -0.441. The molecule has 2 aliphatic rings. The lowest BCUT2D eigenvalue weighted by molar-refractivity contribution is -0.0332. The van der Waals surface area contributed by atoms with Gasteiger partial charge in [-0.05, 0) is 39.3 Å². The topological polar surface area (TPSA) is 38.7 Å². The first-order valence-corrected chi connectivity index (χ1v) is 7.52. The first kappa shape index (κ1) is 14.3. The maximum absolute atomic E-state index is 10.5. The van der Waals surface area contributed by atoms with Gasteiger partial charge in [-0.1, -0.05) is 6.92 Å². The van der Waals surface area contributed by atoms with Crippen LogP contribution < -0.4 is 5.32 Å². The maximum Gasteiger partial charge on any atom is 0.0798 e. The standard InChI is InChI=1S/C14H29N3O/c1-3-13(2)17-10-8-16(9-11-17)12-14(18)4-6-15-7-5-14/h13,15,18H,3-12H2,1-2H3. The molecule has 0 aromatic rings. The summed E-state index contributed by atoms with van der Waals surface area (Å²) in [5.74, 6) is 0. The zero-order chi connectivity index (χ0) is 13.0. The number of nitrogens with zero attached hydrogens (tertiary/aromatic N) is 2. The van der Waals surface area contributed by atoms with Gasteiger partial charge in [0.05, 0.1) is 5.60 Å². The van der Waals surface area contributed by atoms with E-state index in [4.69, 9.17) is 0 Å². The number of β-amino-alcohol motifs (C(OH)–C–C–N with tert-alkyl or cyclic N) is 1. The van der Waals surface area contributed by atoms with Crippen molar-refractivity contribution < 1.29 is 5.11 Å². The summed E-state index contributed by atoms with van der Waals surface area (Å²) in [6, 6.07) is 0.703. The van der Waals surface area contributed by atoms with Gasteiger partial charge in [0.15, 0.2) is 0 Å². The lowest BCUT2D eigenvalue weighted by Gasteiger charge is -2.42. The largest absolute Gasteiger partial charge is 0.388 e. The van der Waals surface area contributed by atoms with E-state index in [1.54, 1.807) is 0 Å². The van der Waals surface area contributed by atoms with E-state index >= 15 is 0 Å². The molecule has 2 aliphatic heterocycles. The molecular formula is C14H29N3O. The summed E-state index contributed by atoms with van der Waals surface area (Å²) >= 11 is 0. The minimum absolute atomic E-state index is 0.441. The third kappa shape index (κ3) is 3.67. The molecule has 2 rings (SSSR count). The highest BCUT2D eigenvalue weighted by Gasteiger charge is 2.32. The normalized spacial score (nSPS) is 28.2. The summed E-state index contributed by atoms with van der Waals surface area (Å²) < 4.78 is 0. The number of piperidine rings is 1. The number of nitrogens with one attached hydrogen (secondary N) is 1. The Morgan fingerprint density at radius 2 is 1.78 bits per heavy atom. The zero-order valence-electron chi connectivity index (χ0n) is 12.0. The van der Waals surface area contributed by atoms with E-state index in [0.29, 0.717) is 6.04 Å². The zero-order valence-corrected chi connectivity index (χ0v) is 12.0. The van der Waals surface area contributed by atoms with Gasteiger partial charge < -0.3 is 10.4 Å². The fraction of sp³-hybridized carbons (Fsp3) is 1.00. The molecule has 0 aromatic heterocycles. The summed E-state index contributed by atoms with van der Waals surface area (Å²) in [7, 11) is 0. The van der Waals surface area contributed by atoms with Crippen LogP contribution in [0.15, 0.2) is 0 Å². The average molecular weight is 255 g/mol. The molecule has 4 nitrogen and oxygen atoms in total. The molecule has 0 amide bonds. The lowest BCUT2D eigenvalue weighted by Crippen LogP contribution is -2.55. The summed E-state index contributed by atoms with van der Waals surface area (Å²) in [5, 5.41) is 13.9. The predicted octanol–water partition coefficient (Wildman–Crippen LogP) is 0.517. The molecule has 0 aliphatic carbocycles. The van der Waals surface area contributed by atoms with Crippen molar-refractivity contribution in [3.63, 3.8) is 0 Å². The van der Waals surface area contributed by atoms with Crippen LogP contribution in [-0.2, 0) is 0 Å². The van der Waals surface area contributed by atoms with Crippen molar-refractivity contribution in [2.45, 2.75) is 44.8 Å². The Labute approximate surface area is 111 Å². The Hall–Kier alpha value is -0.160. The van der Waals surface area contributed by atoms with E-state index in [9.17, 15) is 5.11 Å². The van der Waals surface area contributed by atoms with Crippen molar-refractivity contribution in [3.8, 4) is 0 Å². The second kappa shape index (κ2) is 6.33. The van der Waals surface area contributed by atoms with Crippen molar-refractivity contribution in [1.29, 1.82) is 0 Å². The number of rotatable bonds is 4. The molecule has 0 bridgehead atoms. The van der Waals surface area contributed by atoms with Gasteiger partial charge in [-0.2, -0.15) is 0 Å². The molecule has 18 heavy (non-hydrogen) atoms. The van der Waals surface area contributed by atoms with E-state index in [0.717, 1.165) is 58.7 Å². The van der Waals surface area contributed by atoms with Crippen LogP contribution in [0.1, 0.15) is 33.1 Å². The molecule has 0 spiro atoms. The Morgan fingerprint density at radius 1 is 1.17 bits per heavy atom. The van der Waals surface area contributed by atoms with E-state index in [2.05, 4.69) is 29.0 Å². The lowest BCUT2D eigenvalue weighted by atomic mass is 9.91. The Balaban J connectivity index is 1.76. The van der Waals surface area contributed by atoms with Crippen LogP contribution in [0.25, 0.3) is 0 Å². The fourth-order valence-electron chi connectivity index (χ4n) is 3.09. The number of hydrogen-bond donors (Lipinski definition) is 2. The molecule has 4 heteroatoms. The molecule has 1 unspecified atom stereocenters.